The third-order valence-electron chi connectivity index (χ3n) is 6.29. The second-order valence-corrected chi connectivity index (χ2v) is 10.9. The summed E-state index contributed by atoms with van der Waals surface area (Å²) in [7, 11) is -3.17. The normalized spacial score (nSPS) is 19.4. The summed E-state index contributed by atoms with van der Waals surface area (Å²) in [6, 6.07) is 12.5. The van der Waals surface area contributed by atoms with Crippen LogP contribution in [-0.2, 0) is 25.9 Å². The fourth-order valence-electron chi connectivity index (χ4n) is 4.49. The minimum atomic E-state index is -3.17. The number of fused-ring (bicyclic) bond motifs is 1. The molecule has 0 radical (unpaired) electrons. The molecule has 0 unspecified atom stereocenters. The molecule has 1 saturated heterocycles. The Hall–Kier alpha value is -3.53. The third kappa shape index (κ3) is 4.97. The maximum Gasteiger partial charge on any atom is 0.338 e. The molecule has 4 rings (SSSR count). The fourth-order valence-corrected chi connectivity index (χ4v) is 6.22. The van der Waals surface area contributed by atoms with E-state index in [1.165, 1.54) is 24.0 Å². The lowest BCUT2D eigenvalue weighted by molar-refractivity contribution is -0.141. The van der Waals surface area contributed by atoms with Crippen LogP contribution in [0.15, 0.2) is 48.5 Å². The molecule has 2 aromatic rings. The number of imide groups is 1. The Labute approximate surface area is 203 Å². The summed E-state index contributed by atoms with van der Waals surface area (Å²) in [5.74, 6) is -2.03. The first kappa shape index (κ1) is 24.6. The first-order valence-corrected chi connectivity index (χ1v) is 13.2. The molecule has 0 aliphatic carbocycles. The number of nitrogens with zero attached hydrogens (tertiary/aromatic N) is 2. The van der Waals surface area contributed by atoms with Crippen LogP contribution >= 0.6 is 0 Å². The Morgan fingerprint density at radius 2 is 1.74 bits per heavy atom. The average Bonchev–Trinajstić information content (AvgIpc) is 3.31. The summed E-state index contributed by atoms with van der Waals surface area (Å²) in [6.45, 7) is 3.49. The molecule has 2 aromatic carbocycles. The summed E-state index contributed by atoms with van der Waals surface area (Å²) in [5, 5.41) is 0. The molecule has 184 valence electrons. The maximum atomic E-state index is 12.9. The first-order chi connectivity index (χ1) is 16.6. The van der Waals surface area contributed by atoms with Crippen LogP contribution in [0, 0.1) is 0 Å². The lowest BCUT2D eigenvalue weighted by Gasteiger charge is -2.29. The van der Waals surface area contributed by atoms with Crippen molar-refractivity contribution in [2.24, 2.45) is 0 Å². The zero-order chi connectivity index (χ0) is 25.3. The standard InChI is InChI=1S/C25H26N2O7S/c1-3-26(19-11-12-35(32,33)15-19)22(28)16(2)34-25(31)18-8-6-7-17(13-18)14-27-23(29)20-9-4-5-10-21(20)24(27)30/h4-10,13,16,19H,3,11-12,14-15H2,1-2H3/t16-,19-/m1/s1. The number of rotatable bonds is 7. The molecule has 0 bridgehead atoms. The SMILES string of the molecule is CCN(C(=O)[C@@H](C)OC(=O)c1cccc(CN2C(=O)c3ccccc3C2=O)c1)[C@@H]1CCS(=O)(=O)C1. The molecule has 2 aliphatic heterocycles. The van der Waals surface area contributed by atoms with Crippen molar-refractivity contribution in [1.29, 1.82) is 0 Å². The molecule has 0 saturated carbocycles. The smallest absolute Gasteiger partial charge is 0.338 e. The van der Waals surface area contributed by atoms with Crippen molar-refractivity contribution < 1.29 is 32.3 Å². The largest absolute Gasteiger partial charge is 0.449 e. The van der Waals surface area contributed by atoms with Gasteiger partial charge < -0.3 is 9.64 Å². The number of ether oxygens (including phenoxy) is 1. The van der Waals surface area contributed by atoms with Gasteiger partial charge in [0.2, 0.25) is 0 Å². The van der Waals surface area contributed by atoms with E-state index in [1.54, 1.807) is 43.3 Å². The van der Waals surface area contributed by atoms with E-state index in [-0.39, 0.29) is 23.6 Å². The summed E-state index contributed by atoms with van der Waals surface area (Å²) in [6.07, 6.45) is -0.742. The Bertz CT molecular complexity index is 1270. The summed E-state index contributed by atoms with van der Waals surface area (Å²) in [5.41, 5.74) is 1.41. The van der Waals surface area contributed by atoms with Crippen molar-refractivity contribution in [1.82, 2.24) is 9.80 Å². The number of sulfone groups is 1. The van der Waals surface area contributed by atoms with Gasteiger partial charge in [-0.1, -0.05) is 24.3 Å². The van der Waals surface area contributed by atoms with Gasteiger partial charge >= 0.3 is 5.97 Å². The zero-order valence-corrected chi connectivity index (χ0v) is 20.3. The minimum Gasteiger partial charge on any atom is -0.449 e. The molecule has 35 heavy (non-hydrogen) atoms. The van der Waals surface area contributed by atoms with E-state index < -0.39 is 45.7 Å². The van der Waals surface area contributed by atoms with Gasteiger partial charge in [-0.05, 0) is 50.1 Å². The van der Waals surface area contributed by atoms with E-state index in [9.17, 15) is 27.6 Å². The lowest BCUT2D eigenvalue weighted by Crippen LogP contribution is -2.46. The van der Waals surface area contributed by atoms with Crippen LogP contribution in [-0.4, -0.2) is 72.1 Å². The molecule has 2 aliphatic rings. The van der Waals surface area contributed by atoms with Crippen molar-refractivity contribution in [3.63, 3.8) is 0 Å². The number of carbonyl (C=O) groups excluding carboxylic acids is 4. The van der Waals surface area contributed by atoms with Crippen LogP contribution < -0.4 is 0 Å². The zero-order valence-electron chi connectivity index (χ0n) is 19.5. The fraction of sp³-hybridized carbons (Fsp3) is 0.360. The molecule has 1 fully saturated rings. The van der Waals surface area contributed by atoms with Gasteiger partial charge in [0.05, 0.1) is 34.7 Å². The highest BCUT2D eigenvalue weighted by Crippen LogP contribution is 2.25. The highest BCUT2D eigenvalue weighted by atomic mass is 32.2. The van der Waals surface area contributed by atoms with Gasteiger partial charge in [0.15, 0.2) is 15.9 Å². The van der Waals surface area contributed by atoms with Crippen LogP contribution in [0.2, 0.25) is 0 Å². The molecule has 10 heteroatoms. The number of hydrogen-bond donors (Lipinski definition) is 0. The van der Waals surface area contributed by atoms with Crippen molar-refractivity contribution in [3.05, 3.63) is 70.8 Å². The van der Waals surface area contributed by atoms with Gasteiger partial charge in [0.1, 0.15) is 0 Å². The van der Waals surface area contributed by atoms with Gasteiger partial charge in [-0.3, -0.25) is 19.3 Å². The monoisotopic (exact) mass is 498 g/mol. The van der Waals surface area contributed by atoms with E-state index in [1.807, 2.05) is 0 Å². The van der Waals surface area contributed by atoms with Crippen LogP contribution in [0.1, 0.15) is 56.9 Å². The van der Waals surface area contributed by atoms with Crippen molar-refractivity contribution in [2.45, 2.75) is 39.0 Å². The van der Waals surface area contributed by atoms with Gasteiger partial charge in [0.25, 0.3) is 17.7 Å². The minimum absolute atomic E-state index is 0.0122. The highest BCUT2D eigenvalue weighted by Gasteiger charge is 2.37. The Balaban J connectivity index is 1.42. The number of benzene rings is 2. The lowest BCUT2D eigenvalue weighted by atomic mass is 10.1. The summed E-state index contributed by atoms with van der Waals surface area (Å²) in [4.78, 5) is 53.5. The van der Waals surface area contributed by atoms with Crippen molar-refractivity contribution >= 4 is 33.5 Å². The Kier molecular flexibility index (Phi) is 6.75. The molecule has 0 aromatic heterocycles. The highest BCUT2D eigenvalue weighted by molar-refractivity contribution is 7.91. The van der Waals surface area contributed by atoms with E-state index in [0.29, 0.717) is 29.7 Å². The molecule has 3 amide bonds. The summed E-state index contributed by atoms with van der Waals surface area (Å²) >= 11 is 0. The predicted octanol–water partition coefficient (Wildman–Crippen LogP) is 2.06. The average molecular weight is 499 g/mol. The summed E-state index contributed by atoms with van der Waals surface area (Å²) < 4.78 is 29.0. The van der Waals surface area contributed by atoms with E-state index >= 15 is 0 Å². The molecule has 9 nitrogen and oxygen atoms in total. The van der Waals surface area contributed by atoms with Gasteiger partial charge in [-0.25, -0.2) is 13.2 Å². The van der Waals surface area contributed by atoms with E-state index in [4.69, 9.17) is 4.74 Å². The van der Waals surface area contributed by atoms with Crippen molar-refractivity contribution in [2.75, 3.05) is 18.1 Å². The van der Waals surface area contributed by atoms with Crippen molar-refractivity contribution in [3.8, 4) is 0 Å². The van der Waals surface area contributed by atoms with E-state index in [0.717, 1.165) is 4.90 Å². The molecule has 0 N–H and O–H groups in total. The molecular weight excluding hydrogens is 472 g/mol. The molecule has 0 spiro atoms. The van der Waals surface area contributed by atoms with Crippen LogP contribution in [0.25, 0.3) is 0 Å². The second-order valence-electron chi connectivity index (χ2n) is 8.67. The Morgan fingerprint density at radius 1 is 1.09 bits per heavy atom. The third-order valence-corrected chi connectivity index (χ3v) is 8.04. The van der Waals surface area contributed by atoms with E-state index in [2.05, 4.69) is 0 Å². The van der Waals surface area contributed by atoms with Gasteiger partial charge in [-0.2, -0.15) is 0 Å². The number of carbonyl (C=O) groups is 4. The Morgan fingerprint density at radius 3 is 2.31 bits per heavy atom. The van der Waals surface area contributed by atoms with Crippen LogP contribution in [0.3, 0.4) is 0 Å². The molecule has 2 atom stereocenters. The van der Waals surface area contributed by atoms with Crippen LogP contribution in [0.4, 0.5) is 0 Å². The number of amides is 3. The molecular formula is C25H26N2O7S. The maximum absolute atomic E-state index is 12.9. The van der Waals surface area contributed by atoms with Gasteiger partial charge in [-0.15, -0.1) is 0 Å². The molecule has 2 heterocycles. The van der Waals surface area contributed by atoms with Crippen LogP contribution in [0.5, 0.6) is 0 Å². The number of hydrogen-bond acceptors (Lipinski definition) is 7. The number of likely N-dealkylation sites (N-methyl/N-ethyl adjacent to an activating group) is 1. The first-order valence-electron chi connectivity index (χ1n) is 11.4. The second kappa shape index (κ2) is 9.61. The topological polar surface area (TPSA) is 118 Å². The van der Waals surface area contributed by atoms with Gasteiger partial charge in [0, 0.05) is 12.6 Å². The quantitative estimate of drug-likeness (QED) is 0.424. The predicted molar refractivity (Wildman–Crippen MR) is 126 cm³/mol. The number of esters is 1.